The van der Waals surface area contributed by atoms with Crippen molar-refractivity contribution in [2.45, 2.75) is 45.6 Å². The molecule has 0 aliphatic carbocycles. The van der Waals surface area contributed by atoms with Crippen molar-refractivity contribution in [3.8, 4) is 0 Å². The van der Waals surface area contributed by atoms with Gasteiger partial charge in [0.15, 0.2) is 0 Å². The first kappa shape index (κ1) is 18.6. The number of rotatable bonds is 7. The third kappa shape index (κ3) is 4.90. The Balaban J connectivity index is 1.93. The zero-order chi connectivity index (χ0) is 17.5. The highest BCUT2D eigenvalue weighted by atomic mass is 19.1. The van der Waals surface area contributed by atoms with E-state index >= 15 is 0 Å². The summed E-state index contributed by atoms with van der Waals surface area (Å²) in [5.41, 5.74) is -0.0193. The van der Waals surface area contributed by atoms with Gasteiger partial charge >= 0.3 is 6.03 Å². The monoisotopic (exact) mass is 339 g/mol. The lowest BCUT2D eigenvalue weighted by Gasteiger charge is -2.33. The molecule has 1 aliphatic rings. The molecule has 1 fully saturated rings. The van der Waals surface area contributed by atoms with Crippen LogP contribution in [-0.2, 0) is 0 Å². The van der Waals surface area contributed by atoms with Gasteiger partial charge in [-0.3, -0.25) is 4.90 Å². The van der Waals surface area contributed by atoms with E-state index < -0.39 is 17.7 Å². The first-order valence-electron chi connectivity index (χ1n) is 8.79. The van der Waals surface area contributed by atoms with Crippen LogP contribution in [0.2, 0.25) is 0 Å². The molecular formula is C18H27F2N3O. The molecule has 0 bridgehead atoms. The number of nitrogens with one attached hydrogen (secondary N) is 2. The van der Waals surface area contributed by atoms with E-state index in [2.05, 4.69) is 29.4 Å². The van der Waals surface area contributed by atoms with Crippen molar-refractivity contribution >= 4 is 11.7 Å². The van der Waals surface area contributed by atoms with Gasteiger partial charge in [-0.2, -0.15) is 0 Å². The Hall–Kier alpha value is -1.69. The van der Waals surface area contributed by atoms with Crippen molar-refractivity contribution < 1.29 is 13.6 Å². The number of benzene rings is 1. The summed E-state index contributed by atoms with van der Waals surface area (Å²) in [6.45, 7) is 7.01. The number of carbonyl (C=O) groups is 1. The maximum absolute atomic E-state index is 13.6. The lowest BCUT2D eigenvalue weighted by molar-refractivity contribution is 0.163. The van der Waals surface area contributed by atoms with Crippen molar-refractivity contribution in [2.75, 3.05) is 25.0 Å². The molecule has 1 atom stereocenters. The van der Waals surface area contributed by atoms with Crippen molar-refractivity contribution in [1.29, 1.82) is 0 Å². The maximum Gasteiger partial charge on any atom is 0.319 e. The van der Waals surface area contributed by atoms with Gasteiger partial charge in [0, 0.05) is 18.7 Å². The van der Waals surface area contributed by atoms with Gasteiger partial charge in [0.05, 0.1) is 5.69 Å². The molecule has 1 saturated heterocycles. The number of amides is 2. The molecule has 0 aromatic heterocycles. The second-order valence-electron chi connectivity index (χ2n) is 6.35. The molecule has 2 N–H and O–H groups in total. The van der Waals surface area contributed by atoms with Gasteiger partial charge in [-0.25, -0.2) is 13.6 Å². The van der Waals surface area contributed by atoms with E-state index in [1.807, 2.05) is 0 Å². The topological polar surface area (TPSA) is 44.4 Å². The number of hydrogen-bond acceptors (Lipinski definition) is 2. The van der Waals surface area contributed by atoms with E-state index in [0.717, 1.165) is 38.1 Å². The van der Waals surface area contributed by atoms with Crippen LogP contribution in [0.15, 0.2) is 18.2 Å². The van der Waals surface area contributed by atoms with Crippen molar-refractivity contribution in [1.82, 2.24) is 10.2 Å². The summed E-state index contributed by atoms with van der Waals surface area (Å²) in [6, 6.07) is 2.94. The smallest absolute Gasteiger partial charge is 0.319 e. The summed E-state index contributed by atoms with van der Waals surface area (Å²) in [5.74, 6) is -0.923. The Labute approximate surface area is 142 Å². The molecule has 4 nitrogen and oxygen atoms in total. The SMILES string of the molecule is CCC(CC)C(CNC(=O)Nc1ccc(F)cc1F)N1CCCC1. The van der Waals surface area contributed by atoms with Crippen LogP contribution in [-0.4, -0.2) is 36.6 Å². The molecule has 0 radical (unpaired) electrons. The normalized spacial score (nSPS) is 16.4. The van der Waals surface area contributed by atoms with Gasteiger partial charge in [0.2, 0.25) is 0 Å². The molecule has 1 aliphatic heterocycles. The first-order valence-corrected chi connectivity index (χ1v) is 8.79. The number of nitrogens with zero attached hydrogens (tertiary/aromatic N) is 1. The third-order valence-corrected chi connectivity index (χ3v) is 4.85. The predicted octanol–water partition coefficient (Wildman–Crippen LogP) is 3.99. The van der Waals surface area contributed by atoms with Gasteiger partial charge in [0.1, 0.15) is 11.6 Å². The van der Waals surface area contributed by atoms with E-state index in [1.165, 1.54) is 18.9 Å². The average Bonchev–Trinajstić information content (AvgIpc) is 3.08. The second-order valence-corrected chi connectivity index (χ2v) is 6.35. The van der Waals surface area contributed by atoms with Crippen LogP contribution in [0.1, 0.15) is 39.5 Å². The zero-order valence-corrected chi connectivity index (χ0v) is 14.4. The van der Waals surface area contributed by atoms with Crippen LogP contribution >= 0.6 is 0 Å². The third-order valence-electron chi connectivity index (χ3n) is 4.85. The van der Waals surface area contributed by atoms with E-state index in [4.69, 9.17) is 0 Å². The fourth-order valence-electron chi connectivity index (χ4n) is 3.45. The minimum Gasteiger partial charge on any atom is -0.336 e. The minimum atomic E-state index is -0.777. The summed E-state index contributed by atoms with van der Waals surface area (Å²) >= 11 is 0. The summed E-state index contributed by atoms with van der Waals surface area (Å²) in [5, 5.41) is 5.30. The van der Waals surface area contributed by atoms with Crippen molar-refractivity contribution in [3.63, 3.8) is 0 Å². The summed E-state index contributed by atoms with van der Waals surface area (Å²) in [4.78, 5) is 14.5. The minimum absolute atomic E-state index is 0.0193. The van der Waals surface area contributed by atoms with Crippen LogP contribution in [0.3, 0.4) is 0 Å². The standard InChI is InChI=1S/C18H27F2N3O/c1-3-13(4-2)17(23-9-5-6-10-23)12-21-18(24)22-16-8-7-14(19)11-15(16)20/h7-8,11,13,17H,3-6,9-10,12H2,1-2H3,(H2,21,22,24). The van der Waals surface area contributed by atoms with Crippen LogP contribution in [0, 0.1) is 17.6 Å². The highest BCUT2D eigenvalue weighted by Crippen LogP contribution is 2.22. The van der Waals surface area contributed by atoms with Crippen LogP contribution < -0.4 is 10.6 Å². The number of hydrogen-bond donors (Lipinski definition) is 2. The number of halogens is 2. The highest BCUT2D eigenvalue weighted by molar-refractivity contribution is 5.89. The Morgan fingerprint density at radius 3 is 2.46 bits per heavy atom. The largest absolute Gasteiger partial charge is 0.336 e. The average molecular weight is 339 g/mol. The van der Waals surface area contributed by atoms with Crippen molar-refractivity contribution in [3.05, 3.63) is 29.8 Å². The molecule has 1 aromatic rings. The summed E-state index contributed by atoms with van der Waals surface area (Å²) in [7, 11) is 0. The molecule has 24 heavy (non-hydrogen) atoms. The molecule has 2 amide bonds. The predicted molar refractivity (Wildman–Crippen MR) is 92.0 cm³/mol. The van der Waals surface area contributed by atoms with Crippen molar-refractivity contribution in [2.24, 2.45) is 5.92 Å². The maximum atomic E-state index is 13.6. The molecular weight excluding hydrogens is 312 g/mol. The highest BCUT2D eigenvalue weighted by Gasteiger charge is 2.27. The lowest BCUT2D eigenvalue weighted by Crippen LogP contribution is -2.47. The number of anilines is 1. The first-order chi connectivity index (χ1) is 11.5. The molecule has 6 heteroatoms. The summed E-state index contributed by atoms with van der Waals surface area (Å²) < 4.78 is 26.5. The molecule has 1 unspecified atom stereocenters. The number of urea groups is 1. The van der Waals surface area contributed by atoms with Crippen LogP contribution in [0.4, 0.5) is 19.3 Å². The van der Waals surface area contributed by atoms with E-state index in [9.17, 15) is 13.6 Å². The number of likely N-dealkylation sites (tertiary alicyclic amines) is 1. The van der Waals surface area contributed by atoms with Crippen LogP contribution in [0.5, 0.6) is 0 Å². The molecule has 134 valence electrons. The second kappa shape index (κ2) is 8.97. The Bertz CT molecular complexity index is 541. The van der Waals surface area contributed by atoms with Gasteiger partial charge in [0.25, 0.3) is 0 Å². The van der Waals surface area contributed by atoms with E-state index in [0.29, 0.717) is 18.5 Å². The van der Waals surface area contributed by atoms with Gasteiger partial charge < -0.3 is 10.6 Å². The fraction of sp³-hybridized carbons (Fsp3) is 0.611. The zero-order valence-electron chi connectivity index (χ0n) is 14.4. The molecule has 1 aromatic carbocycles. The quantitative estimate of drug-likeness (QED) is 0.789. The lowest BCUT2D eigenvalue weighted by atomic mass is 9.93. The molecule has 1 heterocycles. The van der Waals surface area contributed by atoms with Gasteiger partial charge in [-0.15, -0.1) is 0 Å². The van der Waals surface area contributed by atoms with Gasteiger partial charge in [-0.1, -0.05) is 26.7 Å². The molecule has 0 saturated carbocycles. The van der Waals surface area contributed by atoms with E-state index in [1.54, 1.807) is 0 Å². The molecule has 2 rings (SSSR count). The molecule has 0 spiro atoms. The Kier molecular flexibility index (Phi) is 6.97. The van der Waals surface area contributed by atoms with E-state index in [-0.39, 0.29) is 5.69 Å². The Morgan fingerprint density at radius 2 is 1.88 bits per heavy atom. The number of carbonyl (C=O) groups excluding carboxylic acids is 1. The van der Waals surface area contributed by atoms with Crippen LogP contribution in [0.25, 0.3) is 0 Å². The van der Waals surface area contributed by atoms with Gasteiger partial charge in [-0.05, 0) is 44.0 Å². The summed E-state index contributed by atoms with van der Waals surface area (Å²) in [6.07, 6.45) is 4.52. The fourth-order valence-corrected chi connectivity index (χ4v) is 3.45. The Morgan fingerprint density at radius 1 is 1.21 bits per heavy atom.